The van der Waals surface area contributed by atoms with E-state index in [-0.39, 0.29) is 11.5 Å². The van der Waals surface area contributed by atoms with Crippen LogP contribution in [0.1, 0.15) is 39.8 Å². The van der Waals surface area contributed by atoms with Crippen LogP contribution < -0.4 is 15.4 Å². The van der Waals surface area contributed by atoms with Crippen molar-refractivity contribution in [2.45, 2.75) is 13.1 Å². The van der Waals surface area contributed by atoms with Gasteiger partial charge in [-0.15, -0.1) is 0 Å². The van der Waals surface area contributed by atoms with Crippen LogP contribution in [0.2, 0.25) is 0 Å². The van der Waals surface area contributed by atoms with Crippen LogP contribution in [-0.2, 0) is 0 Å². The second kappa shape index (κ2) is 8.06. The van der Waals surface area contributed by atoms with Crippen molar-refractivity contribution in [3.63, 3.8) is 0 Å². The summed E-state index contributed by atoms with van der Waals surface area (Å²) in [6.07, 6.45) is 2.03. The zero-order valence-electron chi connectivity index (χ0n) is 14.1. The summed E-state index contributed by atoms with van der Waals surface area (Å²) >= 11 is 0. The monoisotopic (exact) mass is 354 g/mol. The molecule has 3 rings (SSSR count). The molecule has 7 nitrogen and oxygen atoms in total. The fourth-order valence-corrected chi connectivity index (χ4v) is 2.35. The van der Waals surface area contributed by atoms with Crippen molar-refractivity contribution in [1.29, 1.82) is 0 Å². The zero-order valence-corrected chi connectivity index (χ0v) is 14.1. The first-order valence-corrected chi connectivity index (χ1v) is 8.09. The molecule has 0 fully saturated rings. The molecule has 0 aliphatic carbocycles. The summed E-state index contributed by atoms with van der Waals surface area (Å²) in [6.45, 7) is 2.44. The fraction of sp³-hybridized carbons (Fsp3) is 0.158. The molecule has 0 atom stereocenters. The number of ether oxygens (including phenoxy) is 1. The molecule has 2 amide bonds. The lowest BCUT2D eigenvalue weighted by atomic mass is 10.1. The standard InChI is InChI=1S/C19H18N2O5/c1-2-24-14-9-7-13(8-10-14)17(20-18(22)15-5-3-11-25-15)21-19(23)16-6-4-12-26-16/h3-12,17H,2H2,1H3,(H,20,22)(H,21,23). The SMILES string of the molecule is CCOc1ccc(C(NC(=O)c2ccco2)NC(=O)c2ccco2)cc1. The minimum absolute atomic E-state index is 0.146. The smallest absolute Gasteiger partial charge is 0.288 e. The lowest BCUT2D eigenvalue weighted by Gasteiger charge is -2.20. The van der Waals surface area contributed by atoms with E-state index in [1.807, 2.05) is 6.92 Å². The third-order valence-corrected chi connectivity index (χ3v) is 3.57. The Hall–Kier alpha value is -3.48. The predicted octanol–water partition coefficient (Wildman–Crippen LogP) is 3.13. The van der Waals surface area contributed by atoms with Crippen LogP contribution in [0.5, 0.6) is 5.75 Å². The van der Waals surface area contributed by atoms with E-state index >= 15 is 0 Å². The van der Waals surface area contributed by atoms with Gasteiger partial charge >= 0.3 is 0 Å². The molecule has 0 spiro atoms. The maximum atomic E-state index is 12.3. The average Bonchev–Trinajstić information content (AvgIpc) is 3.36. The van der Waals surface area contributed by atoms with Crippen LogP contribution in [0.3, 0.4) is 0 Å². The molecule has 3 aromatic rings. The topological polar surface area (TPSA) is 93.7 Å². The number of hydrogen-bond acceptors (Lipinski definition) is 5. The summed E-state index contributed by atoms with van der Waals surface area (Å²) in [5.74, 6) is 0.0911. The summed E-state index contributed by atoms with van der Waals surface area (Å²) in [6, 6.07) is 13.4. The van der Waals surface area contributed by atoms with Crippen molar-refractivity contribution in [2.24, 2.45) is 0 Å². The summed E-state index contributed by atoms with van der Waals surface area (Å²) in [7, 11) is 0. The van der Waals surface area contributed by atoms with Crippen molar-refractivity contribution < 1.29 is 23.2 Å². The molecular formula is C19H18N2O5. The molecule has 0 saturated carbocycles. The highest BCUT2D eigenvalue weighted by Crippen LogP contribution is 2.18. The first-order chi connectivity index (χ1) is 12.7. The molecule has 0 unspecified atom stereocenters. The Kier molecular flexibility index (Phi) is 5.38. The molecule has 1 aromatic carbocycles. The Labute approximate surface area is 149 Å². The number of amides is 2. The zero-order chi connectivity index (χ0) is 18.4. The van der Waals surface area contributed by atoms with Crippen LogP contribution in [0.4, 0.5) is 0 Å². The number of carbonyl (C=O) groups excluding carboxylic acids is 2. The van der Waals surface area contributed by atoms with Crippen molar-refractivity contribution >= 4 is 11.8 Å². The van der Waals surface area contributed by atoms with Crippen molar-refractivity contribution in [1.82, 2.24) is 10.6 Å². The number of hydrogen-bond donors (Lipinski definition) is 2. The highest BCUT2D eigenvalue weighted by molar-refractivity contribution is 5.94. The lowest BCUT2D eigenvalue weighted by molar-refractivity contribution is 0.0853. The number of furan rings is 2. The number of benzene rings is 1. The van der Waals surface area contributed by atoms with E-state index in [1.165, 1.54) is 12.5 Å². The van der Waals surface area contributed by atoms with Crippen molar-refractivity contribution in [3.8, 4) is 5.75 Å². The van der Waals surface area contributed by atoms with Gasteiger partial charge in [0, 0.05) is 0 Å². The van der Waals surface area contributed by atoms with Crippen LogP contribution in [0, 0.1) is 0 Å². The second-order valence-corrected chi connectivity index (χ2v) is 5.34. The van der Waals surface area contributed by atoms with Gasteiger partial charge in [-0.1, -0.05) is 12.1 Å². The normalized spacial score (nSPS) is 10.5. The predicted molar refractivity (Wildman–Crippen MR) is 92.7 cm³/mol. The van der Waals surface area contributed by atoms with E-state index in [2.05, 4.69) is 10.6 Å². The summed E-state index contributed by atoms with van der Waals surface area (Å²) in [5.41, 5.74) is 0.674. The molecule has 2 N–H and O–H groups in total. The van der Waals surface area contributed by atoms with Gasteiger partial charge in [0.15, 0.2) is 11.5 Å². The number of carbonyl (C=O) groups is 2. The van der Waals surface area contributed by atoms with Gasteiger partial charge in [-0.3, -0.25) is 9.59 Å². The number of rotatable bonds is 7. The molecule has 0 saturated heterocycles. The molecule has 0 bridgehead atoms. The Morgan fingerprint density at radius 1 is 0.923 bits per heavy atom. The van der Waals surface area contributed by atoms with Crippen molar-refractivity contribution in [3.05, 3.63) is 78.1 Å². The Morgan fingerprint density at radius 3 is 1.88 bits per heavy atom. The second-order valence-electron chi connectivity index (χ2n) is 5.34. The van der Waals surface area contributed by atoms with Gasteiger partial charge in [-0.25, -0.2) is 0 Å². The van der Waals surface area contributed by atoms with E-state index < -0.39 is 18.0 Å². The third kappa shape index (κ3) is 4.13. The van der Waals surface area contributed by atoms with Gasteiger partial charge in [0.05, 0.1) is 19.1 Å². The largest absolute Gasteiger partial charge is 0.494 e. The van der Waals surface area contributed by atoms with Gasteiger partial charge < -0.3 is 24.2 Å². The highest BCUT2D eigenvalue weighted by Gasteiger charge is 2.21. The maximum absolute atomic E-state index is 12.3. The first-order valence-electron chi connectivity index (χ1n) is 8.09. The third-order valence-electron chi connectivity index (χ3n) is 3.57. The van der Waals surface area contributed by atoms with Crippen molar-refractivity contribution in [2.75, 3.05) is 6.61 Å². The molecule has 26 heavy (non-hydrogen) atoms. The van der Waals surface area contributed by atoms with E-state index in [1.54, 1.807) is 48.5 Å². The molecule has 2 aromatic heterocycles. The van der Waals surface area contributed by atoms with E-state index in [9.17, 15) is 9.59 Å². The van der Waals surface area contributed by atoms with Gasteiger partial charge in [-0.05, 0) is 48.9 Å². The summed E-state index contributed by atoms with van der Waals surface area (Å²) in [4.78, 5) is 24.6. The molecule has 134 valence electrons. The van der Waals surface area contributed by atoms with Gasteiger partial charge in [-0.2, -0.15) is 0 Å². The Morgan fingerprint density at radius 2 is 1.46 bits per heavy atom. The summed E-state index contributed by atoms with van der Waals surface area (Å²) < 4.78 is 15.6. The number of nitrogens with one attached hydrogen (secondary N) is 2. The average molecular weight is 354 g/mol. The minimum Gasteiger partial charge on any atom is -0.494 e. The van der Waals surface area contributed by atoms with Gasteiger partial charge in [0.25, 0.3) is 11.8 Å². The molecular weight excluding hydrogens is 336 g/mol. The fourth-order valence-electron chi connectivity index (χ4n) is 2.35. The van der Waals surface area contributed by atoms with E-state index in [0.29, 0.717) is 17.9 Å². The molecule has 7 heteroatoms. The quantitative estimate of drug-likeness (QED) is 0.636. The molecule has 0 aliphatic heterocycles. The summed E-state index contributed by atoms with van der Waals surface area (Å²) in [5, 5.41) is 5.47. The Balaban J connectivity index is 1.80. The van der Waals surface area contributed by atoms with Crippen LogP contribution in [0.15, 0.2) is 69.9 Å². The maximum Gasteiger partial charge on any atom is 0.288 e. The highest BCUT2D eigenvalue weighted by atomic mass is 16.5. The van der Waals surface area contributed by atoms with Crippen LogP contribution in [0.25, 0.3) is 0 Å². The Bertz CT molecular complexity index is 790. The van der Waals surface area contributed by atoms with Gasteiger partial charge in [0.1, 0.15) is 11.9 Å². The molecule has 0 aliphatic rings. The van der Waals surface area contributed by atoms with Gasteiger partial charge in [0.2, 0.25) is 0 Å². The van der Waals surface area contributed by atoms with Crippen LogP contribution >= 0.6 is 0 Å². The first kappa shape index (κ1) is 17.3. The van der Waals surface area contributed by atoms with E-state index in [0.717, 1.165) is 0 Å². The minimum atomic E-state index is -0.777. The van der Waals surface area contributed by atoms with Crippen LogP contribution in [-0.4, -0.2) is 18.4 Å². The lowest BCUT2D eigenvalue weighted by Crippen LogP contribution is -2.41. The molecule has 0 radical (unpaired) electrons. The van der Waals surface area contributed by atoms with E-state index in [4.69, 9.17) is 13.6 Å². The molecule has 2 heterocycles.